The Hall–Kier alpha value is -1.81. The molecule has 0 aliphatic heterocycles. The molecule has 0 spiro atoms. The fourth-order valence-electron chi connectivity index (χ4n) is 2.43. The van der Waals surface area contributed by atoms with Crippen LogP contribution in [0.4, 0.5) is 0 Å². The summed E-state index contributed by atoms with van der Waals surface area (Å²) >= 11 is 0. The van der Waals surface area contributed by atoms with Gasteiger partial charge in [-0.15, -0.1) is 0 Å². The fourth-order valence-corrected chi connectivity index (χ4v) is 2.43. The summed E-state index contributed by atoms with van der Waals surface area (Å²) in [7, 11) is 0. The second-order valence-corrected chi connectivity index (χ2v) is 5.29. The monoisotopic (exact) mass is 284 g/mol. The number of pyridine rings is 1. The predicted molar refractivity (Wildman–Crippen MR) is 85.4 cm³/mol. The molecule has 0 aromatic carbocycles. The summed E-state index contributed by atoms with van der Waals surface area (Å²) < 4.78 is 0. The van der Waals surface area contributed by atoms with Crippen LogP contribution in [0.5, 0.6) is 0 Å². The molecule has 0 radical (unpaired) electrons. The Kier molecular flexibility index (Phi) is 5.81. The molecular weight excluding hydrogens is 260 g/mol. The molecule has 2 heterocycles. The minimum absolute atomic E-state index is 0.691. The van der Waals surface area contributed by atoms with E-state index in [1.165, 1.54) is 5.56 Å². The van der Waals surface area contributed by atoms with Crippen molar-refractivity contribution in [2.75, 3.05) is 13.1 Å². The first-order chi connectivity index (χ1) is 10.2. The van der Waals surface area contributed by atoms with E-state index >= 15 is 0 Å². The number of nitrogens with one attached hydrogen (secondary N) is 1. The topological polar surface area (TPSA) is 50.7 Å². The lowest BCUT2D eigenvalue weighted by molar-refractivity contribution is 0.664. The van der Waals surface area contributed by atoms with Crippen LogP contribution >= 0.6 is 0 Å². The number of rotatable bonds is 7. The van der Waals surface area contributed by atoms with E-state index in [4.69, 9.17) is 0 Å². The Balaban J connectivity index is 2.06. The van der Waals surface area contributed by atoms with E-state index in [2.05, 4.69) is 41.0 Å². The molecule has 2 rings (SSSR count). The first-order valence-electron chi connectivity index (χ1n) is 7.64. The van der Waals surface area contributed by atoms with E-state index in [1.54, 1.807) is 0 Å². The van der Waals surface area contributed by atoms with Crippen LogP contribution in [0.15, 0.2) is 24.4 Å². The number of aromatic nitrogens is 3. The van der Waals surface area contributed by atoms with Gasteiger partial charge in [0.05, 0.1) is 6.42 Å². The smallest absolute Gasteiger partial charge is 0.134 e. The van der Waals surface area contributed by atoms with Crippen molar-refractivity contribution in [3.63, 3.8) is 0 Å². The van der Waals surface area contributed by atoms with Crippen molar-refractivity contribution in [3.05, 3.63) is 52.9 Å². The van der Waals surface area contributed by atoms with Crippen LogP contribution < -0.4 is 5.32 Å². The van der Waals surface area contributed by atoms with Crippen LogP contribution in [0.1, 0.15) is 41.8 Å². The van der Waals surface area contributed by atoms with Crippen molar-refractivity contribution >= 4 is 0 Å². The van der Waals surface area contributed by atoms with Crippen LogP contribution in [-0.4, -0.2) is 28.0 Å². The second kappa shape index (κ2) is 7.84. The molecule has 0 aliphatic rings. The number of aryl methyl sites for hydroxylation is 2. The van der Waals surface area contributed by atoms with Crippen LogP contribution in [0, 0.1) is 13.8 Å². The van der Waals surface area contributed by atoms with E-state index in [1.807, 2.05) is 24.4 Å². The molecule has 2 aromatic rings. The van der Waals surface area contributed by atoms with Crippen LogP contribution in [0.3, 0.4) is 0 Å². The van der Waals surface area contributed by atoms with E-state index in [-0.39, 0.29) is 0 Å². The maximum Gasteiger partial charge on any atom is 0.134 e. The standard InChI is InChI=1S/C17H24N4/c1-4-9-18-11-8-16-13(2)20-17(21-14(16)3)12-15-7-5-6-10-19-15/h5-7,10,18H,4,8-9,11-12H2,1-3H3. The summed E-state index contributed by atoms with van der Waals surface area (Å²) in [5.41, 5.74) is 4.45. The lowest BCUT2D eigenvalue weighted by Crippen LogP contribution is -2.19. The zero-order valence-corrected chi connectivity index (χ0v) is 13.2. The molecule has 0 aliphatic carbocycles. The summed E-state index contributed by atoms with van der Waals surface area (Å²) in [6.45, 7) is 8.38. The molecule has 0 amide bonds. The molecule has 4 nitrogen and oxygen atoms in total. The highest BCUT2D eigenvalue weighted by molar-refractivity contribution is 5.25. The van der Waals surface area contributed by atoms with Crippen molar-refractivity contribution in [1.29, 1.82) is 0 Å². The van der Waals surface area contributed by atoms with Crippen molar-refractivity contribution in [2.45, 2.75) is 40.0 Å². The quantitative estimate of drug-likeness (QED) is 0.794. The second-order valence-electron chi connectivity index (χ2n) is 5.29. The summed E-state index contributed by atoms with van der Waals surface area (Å²) in [4.78, 5) is 13.6. The molecule has 1 N–H and O–H groups in total. The Morgan fingerprint density at radius 3 is 2.43 bits per heavy atom. The van der Waals surface area contributed by atoms with Crippen LogP contribution in [0.25, 0.3) is 0 Å². The van der Waals surface area contributed by atoms with Crippen molar-refractivity contribution in [1.82, 2.24) is 20.3 Å². The molecule has 0 saturated heterocycles. The summed E-state index contributed by atoms with van der Waals surface area (Å²) in [5.74, 6) is 0.856. The average molecular weight is 284 g/mol. The van der Waals surface area contributed by atoms with Gasteiger partial charge >= 0.3 is 0 Å². The van der Waals surface area contributed by atoms with Gasteiger partial charge in [-0.25, -0.2) is 9.97 Å². The molecule has 21 heavy (non-hydrogen) atoms. The fraction of sp³-hybridized carbons (Fsp3) is 0.471. The maximum absolute atomic E-state index is 4.65. The first kappa shape index (κ1) is 15.6. The molecular formula is C17H24N4. The Labute approximate surface area is 127 Å². The summed E-state index contributed by atoms with van der Waals surface area (Å²) in [6.07, 6.45) is 4.65. The highest BCUT2D eigenvalue weighted by Gasteiger charge is 2.09. The minimum atomic E-state index is 0.691. The highest BCUT2D eigenvalue weighted by atomic mass is 14.9. The third kappa shape index (κ3) is 4.60. The Morgan fingerprint density at radius 2 is 1.81 bits per heavy atom. The van der Waals surface area contributed by atoms with Gasteiger partial charge in [0.1, 0.15) is 5.82 Å². The first-order valence-corrected chi connectivity index (χ1v) is 7.64. The zero-order chi connectivity index (χ0) is 15.1. The SMILES string of the molecule is CCCNCCc1c(C)nc(Cc2ccccn2)nc1C. The van der Waals surface area contributed by atoms with E-state index < -0.39 is 0 Å². The van der Waals surface area contributed by atoms with Gasteiger partial charge in [-0.05, 0) is 57.5 Å². The Bertz CT molecular complexity index is 543. The van der Waals surface area contributed by atoms with Crippen molar-refractivity contribution < 1.29 is 0 Å². The molecule has 2 aromatic heterocycles. The van der Waals surface area contributed by atoms with Gasteiger partial charge in [0.25, 0.3) is 0 Å². The van der Waals surface area contributed by atoms with E-state index in [0.717, 1.165) is 48.8 Å². The largest absolute Gasteiger partial charge is 0.316 e. The van der Waals surface area contributed by atoms with Gasteiger partial charge in [0, 0.05) is 23.3 Å². The lowest BCUT2D eigenvalue weighted by Gasteiger charge is -2.11. The van der Waals surface area contributed by atoms with Gasteiger partial charge < -0.3 is 5.32 Å². The van der Waals surface area contributed by atoms with Gasteiger partial charge in [-0.1, -0.05) is 13.0 Å². The van der Waals surface area contributed by atoms with Crippen molar-refractivity contribution in [2.24, 2.45) is 0 Å². The lowest BCUT2D eigenvalue weighted by atomic mass is 10.1. The summed E-state index contributed by atoms with van der Waals surface area (Å²) in [5, 5.41) is 3.43. The number of hydrogen-bond donors (Lipinski definition) is 1. The molecule has 0 saturated carbocycles. The molecule has 0 bridgehead atoms. The molecule has 0 fully saturated rings. The third-order valence-electron chi connectivity index (χ3n) is 3.51. The molecule has 0 atom stereocenters. The normalized spacial score (nSPS) is 10.8. The third-order valence-corrected chi connectivity index (χ3v) is 3.51. The van der Waals surface area contributed by atoms with Crippen molar-refractivity contribution in [3.8, 4) is 0 Å². The summed E-state index contributed by atoms with van der Waals surface area (Å²) in [6, 6.07) is 5.93. The number of nitrogens with zero attached hydrogens (tertiary/aromatic N) is 3. The van der Waals surface area contributed by atoms with E-state index in [9.17, 15) is 0 Å². The molecule has 112 valence electrons. The van der Waals surface area contributed by atoms with Gasteiger partial charge in [0.2, 0.25) is 0 Å². The average Bonchev–Trinajstić information content (AvgIpc) is 2.47. The zero-order valence-electron chi connectivity index (χ0n) is 13.2. The Morgan fingerprint density at radius 1 is 1.05 bits per heavy atom. The van der Waals surface area contributed by atoms with E-state index in [0.29, 0.717) is 6.42 Å². The molecule has 0 unspecified atom stereocenters. The van der Waals surface area contributed by atoms with Gasteiger partial charge in [-0.2, -0.15) is 0 Å². The minimum Gasteiger partial charge on any atom is -0.316 e. The number of hydrogen-bond acceptors (Lipinski definition) is 4. The predicted octanol–water partition coefficient (Wildman–Crippen LogP) is 2.62. The van der Waals surface area contributed by atoms with Gasteiger partial charge in [0.15, 0.2) is 0 Å². The maximum atomic E-state index is 4.65. The highest BCUT2D eigenvalue weighted by Crippen LogP contribution is 2.12. The van der Waals surface area contributed by atoms with Gasteiger partial charge in [-0.3, -0.25) is 4.98 Å². The van der Waals surface area contributed by atoms with Crippen LogP contribution in [-0.2, 0) is 12.8 Å². The molecule has 4 heteroatoms. The van der Waals surface area contributed by atoms with Crippen LogP contribution in [0.2, 0.25) is 0 Å².